The number of alkyl halides is 3. The molecule has 110 valence electrons. The Hall–Kier alpha value is -0.850. The van der Waals surface area contributed by atoms with Gasteiger partial charge in [-0.3, -0.25) is 0 Å². The maximum atomic E-state index is 12.2. The zero-order valence-corrected chi connectivity index (χ0v) is 12.1. The summed E-state index contributed by atoms with van der Waals surface area (Å²) in [5, 5.41) is 3.13. The summed E-state index contributed by atoms with van der Waals surface area (Å²) in [6.45, 7) is 5.05. The second kappa shape index (κ2) is 7.67. The second-order valence-electron chi connectivity index (χ2n) is 4.94. The lowest BCUT2D eigenvalue weighted by Gasteiger charge is -2.04. The number of aromatic nitrogens is 2. The van der Waals surface area contributed by atoms with Crippen LogP contribution in [0.15, 0.2) is 0 Å². The third-order valence-electron chi connectivity index (χ3n) is 2.66. The van der Waals surface area contributed by atoms with Gasteiger partial charge in [-0.1, -0.05) is 39.5 Å². The van der Waals surface area contributed by atoms with E-state index in [-0.39, 0.29) is 5.13 Å². The molecule has 3 nitrogen and oxygen atoms in total. The molecule has 0 aliphatic carbocycles. The summed E-state index contributed by atoms with van der Waals surface area (Å²) < 4.78 is 40.0. The van der Waals surface area contributed by atoms with Crippen molar-refractivity contribution in [2.75, 3.05) is 11.9 Å². The third-order valence-corrected chi connectivity index (χ3v) is 3.34. The van der Waals surface area contributed by atoms with Crippen molar-refractivity contribution in [2.24, 2.45) is 5.92 Å². The van der Waals surface area contributed by atoms with Gasteiger partial charge in [-0.2, -0.15) is 22.5 Å². The van der Waals surface area contributed by atoms with Gasteiger partial charge >= 0.3 is 6.18 Å². The van der Waals surface area contributed by atoms with Crippen LogP contribution in [0.1, 0.15) is 51.8 Å². The molecule has 0 amide bonds. The summed E-state index contributed by atoms with van der Waals surface area (Å²) in [7, 11) is 0. The summed E-state index contributed by atoms with van der Waals surface area (Å²) in [6.07, 6.45) is 1.20. The van der Waals surface area contributed by atoms with E-state index in [1.54, 1.807) is 0 Å². The Morgan fingerprint density at radius 3 is 2.42 bits per heavy atom. The van der Waals surface area contributed by atoms with Crippen molar-refractivity contribution in [1.82, 2.24) is 9.36 Å². The van der Waals surface area contributed by atoms with Crippen LogP contribution < -0.4 is 5.32 Å². The van der Waals surface area contributed by atoms with E-state index < -0.39 is 12.0 Å². The smallest absolute Gasteiger partial charge is 0.360 e. The molecule has 1 aromatic heterocycles. The van der Waals surface area contributed by atoms with Crippen LogP contribution in [0.5, 0.6) is 0 Å². The average Bonchev–Trinajstić information content (AvgIpc) is 2.75. The molecule has 1 heterocycles. The molecule has 7 heteroatoms. The molecule has 0 spiro atoms. The monoisotopic (exact) mass is 295 g/mol. The fraction of sp³-hybridized carbons (Fsp3) is 0.833. The highest BCUT2D eigenvalue weighted by atomic mass is 32.1. The van der Waals surface area contributed by atoms with Crippen molar-refractivity contribution in [3.63, 3.8) is 0 Å². The van der Waals surface area contributed by atoms with Gasteiger partial charge in [-0.25, -0.2) is 0 Å². The Morgan fingerprint density at radius 2 is 1.84 bits per heavy atom. The molecule has 0 saturated carbocycles. The zero-order chi connectivity index (χ0) is 14.3. The Bertz CT molecular complexity index is 363. The predicted octanol–water partition coefficient (Wildman–Crippen LogP) is 4.58. The van der Waals surface area contributed by atoms with Crippen molar-refractivity contribution in [3.8, 4) is 0 Å². The number of hydrogen-bond acceptors (Lipinski definition) is 4. The van der Waals surface area contributed by atoms with E-state index in [4.69, 9.17) is 0 Å². The number of hydrogen-bond donors (Lipinski definition) is 1. The quantitative estimate of drug-likeness (QED) is 0.714. The standard InChI is InChI=1S/C12H20F3N3S/c1-9(2)7-5-3-4-6-8-16-11-17-10(18-19-11)12(13,14)15/h9H,3-8H2,1-2H3,(H,16,17,18). The van der Waals surface area contributed by atoms with E-state index in [9.17, 15) is 13.2 Å². The first-order chi connectivity index (χ1) is 8.89. The maximum Gasteiger partial charge on any atom is 0.452 e. The molecule has 19 heavy (non-hydrogen) atoms. The molecule has 0 atom stereocenters. The number of nitrogens with zero attached hydrogens (tertiary/aromatic N) is 2. The topological polar surface area (TPSA) is 37.8 Å². The summed E-state index contributed by atoms with van der Waals surface area (Å²) in [5.41, 5.74) is 0. The lowest BCUT2D eigenvalue weighted by molar-refractivity contribution is -0.144. The Balaban J connectivity index is 2.11. The highest BCUT2D eigenvalue weighted by Gasteiger charge is 2.35. The second-order valence-corrected chi connectivity index (χ2v) is 5.70. The van der Waals surface area contributed by atoms with Crippen LogP contribution in [-0.4, -0.2) is 15.9 Å². The Morgan fingerprint density at radius 1 is 1.16 bits per heavy atom. The lowest BCUT2D eigenvalue weighted by Crippen LogP contribution is -2.08. The van der Waals surface area contributed by atoms with E-state index in [2.05, 4.69) is 28.5 Å². The fourth-order valence-electron chi connectivity index (χ4n) is 1.64. The first-order valence-electron chi connectivity index (χ1n) is 6.54. The van der Waals surface area contributed by atoms with E-state index in [0.717, 1.165) is 30.3 Å². The van der Waals surface area contributed by atoms with Gasteiger partial charge in [0.1, 0.15) is 0 Å². The molecule has 1 rings (SSSR count). The van der Waals surface area contributed by atoms with Gasteiger partial charge < -0.3 is 5.32 Å². The van der Waals surface area contributed by atoms with Crippen LogP contribution >= 0.6 is 11.5 Å². The SMILES string of the molecule is CC(C)CCCCCCNc1nc(C(F)(F)F)ns1. The molecule has 0 aromatic carbocycles. The molecule has 0 aliphatic rings. The highest BCUT2D eigenvalue weighted by molar-refractivity contribution is 7.09. The molecule has 0 bridgehead atoms. The minimum Gasteiger partial charge on any atom is -0.360 e. The number of anilines is 1. The maximum absolute atomic E-state index is 12.2. The lowest BCUT2D eigenvalue weighted by atomic mass is 10.0. The molecule has 0 radical (unpaired) electrons. The number of halogens is 3. The van der Waals surface area contributed by atoms with Gasteiger partial charge in [0.15, 0.2) is 0 Å². The van der Waals surface area contributed by atoms with Crippen LogP contribution in [0.4, 0.5) is 18.3 Å². The van der Waals surface area contributed by atoms with Crippen molar-refractivity contribution in [1.29, 1.82) is 0 Å². The van der Waals surface area contributed by atoms with Gasteiger partial charge in [0.25, 0.3) is 0 Å². The molecule has 0 saturated heterocycles. The van der Waals surface area contributed by atoms with Crippen LogP contribution in [0, 0.1) is 5.92 Å². The Kier molecular flexibility index (Phi) is 6.54. The molecule has 0 unspecified atom stereocenters. The fourth-order valence-corrected chi connectivity index (χ4v) is 2.25. The zero-order valence-electron chi connectivity index (χ0n) is 11.3. The van der Waals surface area contributed by atoms with E-state index in [1.165, 1.54) is 19.3 Å². The van der Waals surface area contributed by atoms with Crippen molar-refractivity contribution in [3.05, 3.63) is 5.82 Å². The van der Waals surface area contributed by atoms with Gasteiger partial charge in [0, 0.05) is 18.1 Å². The van der Waals surface area contributed by atoms with Crippen molar-refractivity contribution in [2.45, 2.75) is 52.1 Å². The minimum absolute atomic E-state index is 0.245. The van der Waals surface area contributed by atoms with Crippen LogP contribution in [0.3, 0.4) is 0 Å². The number of rotatable bonds is 8. The normalized spacial score (nSPS) is 12.1. The summed E-state index contributed by atoms with van der Waals surface area (Å²) in [4.78, 5) is 3.41. The average molecular weight is 295 g/mol. The van der Waals surface area contributed by atoms with Crippen molar-refractivity contribution < 1.29 is 13.2 Å². The van der Waals surface area contributed by atoms with Crippen molar-refractivity contribution >= 4 is 16.7 Å². The van der Waals surface area contributed by atoms with Gasteiger partial charge in [0.2, 0.25) is 11.0 Å². The Labute approximate surface area is 115 Å². The summed E-state index contributed by atoms with van der Waals surface area (Å²) in [5.74, 6) is -0.322. The van der Waals surface area contributed by atoms with Crippen LogP contribution in [-0.2, 0) is 6.18 Å². The van der Waals surface area contributed by atoms with Gasteiger partial charge in [-0.15, -0.1) is 0 Å². The third kappa shape index (κ3) is 6.75. The summed E-state index contributed by atoms with van der Waals surface area (Å²) >= 11 is 0.756. The van der Waals surface area contributed by atoms with Gasteiger partial charge in [-0.05, 0) is 12.3 Å². The van der Waals surface area contributed by atoms with E-state index in [1.807, 2.05) is 0 Å². The van der Waals surface area contributed by atoms with Crippen LogP contribution in [0.25, 0.3) is 0 Å². The minimum atomic E-state index is -4.45. The molecule has 0 fully saturated rings. The first-order valence-corrected chi connectivity index (χ1v) is 7.31. The summed E-state index contributed by atoms with van der Waals surface area (Å²) in [6, 6.07) is 0. The number of nitrogens with one attached hydrogen (secondary N) is 1. The van der Waals surface area contributed by atoms with E-state index in [0.29, 0.717) is 6.54 Å². The molecular weight excluding hydrogens is 275 g/mol. The molecule has 0 aliphatic heterocycles. The van der Waals surface area contributed by atoms with Gasteiger partial charge in [0.05, 0.1) is 0 Å². The highest BCUT2D eigenvalue weighted by Crippen LogP contribution is 2.28. The first kappa shape index (κ1) is 16.2. The molecule has 1 aromatic rings. The predicted molar refractivity (Wildman–Crippen MR) is 71.3 cm³/mol. The molecular formula is C12H20F3N3S. The molecule has 1 N–H and O–H groups in total. The van der Waals surface area contributed by atoms with E-state index >= 15 is 0 Å². The largest absolute Gasteiger partial charge is 0.452 e. The number of unbranched alkanes of at least 4 members (excludes halogenated alkanes) is 3. The van der Waals surface area contributed by atoms with Crippen LogP contribution in [0.2, 0.25) is 0 Å².